The Hall–Kier alpha value is -3.60. The molecule has 0 atom stereocenters. The summed E-state index contributed by atoms with van der Waals surface area (Å²) in [5.41, 5.74) is -2.17. The van der Waals surface area contributed by atoms with Crippen LogP contribution in [0.25, 0.3) is 0 Å². The number of carbonyl (C=O) groups excluding carboxylic acids is 1. The molecule has 0 aliphatic rings. The molecule has 2 rings (SSSR count). The number of halogens is 1. The van der Waals surface area contributed by atoms with Crippen LogP contribution in [-0.2, 0) is 0 Å². The lowest BCUT2D eigenvalue weighted by Gasteiger charge is -2.06. The second kappa shape index (κ2) is 6.88. The van der Waals surface area contributed by atoms with Crippen LogP contribution in [0.15, 0.2) is 36.4 Å². The van der Waals surface area contributed by atoms with E-state index < -0.39 is 37.7 Å². The minimum absolute atomic E-state index is 0.163. The fourth-order valence-corrected chi connectivity index (χ4v) is 2.07. The summed E-state index contributed by atoms with van der Waals surface area (Å²) < 4.78 is 0. The SMILES string of the molecule is O=C(Nc1ccc([N+](=O)[O-])cc1[N+](=O)[O-])c1ccc(Cl)c([N+](=O)[O-])c1. The summed E-state index contributed by atoms with van der Waals surface area (Å²) in [5, 5.41) is 34.6. The molecule has 12 heteroatoms. The number of non-ortho nitro benzene ring substituents is 1. The van der Waals surface area contributed by atoms with E-state index in [2.05, 4.69) is 5.32 Å². The van der Waals surface area contributed by atoms with Crippen molar-refractivity contribution >= 4 is 40.3 Å². The molecule has 0 aromatic heterocycles. The molecule has 0 aliphatic carbocycles. The summed E-state index contributed by atoms with van der Waals surface area (Å²) in [4.78, 5) is 42.2. The first-order valence-electron chi connectivity index (χ1n) is 6.39. The number of nitrogens with one attached hydrogen (secondary N) is 1. The molecule has 0 fully saturated rings. The molecule has 0 radical (unpaired) electrons. The molecule has 1 amide bonds. The van der Waals surface area contributed by atoms with Crippen molar-refractivity contribution in [1.29, 1.82) is 0 Å². The normalized spacial score (nSPS) is 10.1. The third kappa shape index (κ3) is 3.84. The molecular weight excluding hydrogens is 360 g/mol. The van der Waals surface area contributed by atoms with E-state index in [-0.39, 0.29) is 16.3 Å². The minimum atomic E-state index is -0.896. The monoisotopic (exact) mass is 366 g/mol. The average molecular weight is 367 g/mol. The van der Waals surface area contributed by atoms with Gasteiger partial charge in [0.25, 0.3) is 23.0 Å². The average Bonchev–Trinajstić information content (AvgIpc) is 2.54. The molecule has 25 heavy (non-hydrogen) atoms. The van der Waals surface area contributed by atoms with E-state index in [9.17, 15) is 35.1 Å². The highest BCUT2D eigenvalue weighted by Crippen LogP contribution is 2.30. The predicted octanol–water partition coefficient (Wildman–Crippen LogP) is 3.32. The maximum Gasteiger partial charge on any atom is 0.299 e. The van der Waals surface area contributed by atoms with Gasteiger partial charge in [0.1, 0.15) is 10.7 Å². The summed E-state index contributed by atoms with van der Waals surface area (Å²) >= 11 is 5.64. The summed E-state index contributed by atoms with van der Waals surface area (Å²) in [5.74, 6) is -0.878. The second-order valence-electron chi connectivity index (χ2n) is 4.59. The number of benzene rings is 2. The summed E-state index contributed by atoms with van der Waals surface area (Å²) in [7, 11) is 0. The number of nitro benzene ring substituents is 3. The van der Waals surface area contributed by atoms with Crippen molar-refractivity contribution in [1.82, 2.24) is 0 Å². The van der Waals surface area contributed by atoms with E-state index in [1.165, 1.54) is 6.07 Å². The summed E-state index contributed by atoms with van der Waals surface area (Å²) in [6.45, 7) is 0. The van der Waals surface area contributed by atoms with E-state index >= 15 is 0 Å². The van der Waals surface area contributed by atoms with Gasteiger partial charge in [0.15, 0.2) is 0 Å². The Labute approximate surface area is 143 Å². The number of carbonyl (C=O) groups is 1. The lowest BCUT2D eigenvalue weighted by Crippen LogP contribution is -2.13. The molecular formula is C13H7ClN4O7. The third-order valence-corrected chi connectivity index (χ3v) is 3.36. The fourth-order valence-electron chi connectivity index (χ4n) is 1.88. The van der Waals surface area contributed by atoms with Gasteiger partial charge in [-0.25, -0.2) is 0 Å². The zero-order valence-corrected chi connectivity index (χ0v) is 12.8. The number of hydrogen-bond acceptors (Lipinski definition) is 7. The van der Waals surface area contributed by atoms with Crippen LogP contribution in [0.4, 0.5) is 22.7 Å². The van der Waals surface area contributed by atoms with E-state index in [1.54, 1.807) is 0 Å². The van der Waals surface area contributed by atoms with Gasteiger partial charge < -0.3 is 5.32 Å². The Morgan fingerprint density at radius 3 is 2.08 bits per heavy atom. The van der Waals surface area contributed by atoms with Crippen molar-refractivity contribution < 1.29 is 19.6 Å². The highest BCUT2D eigenvalue weighted by Gasteiger charge is 2.22. The van der Waals surface area contributed by atoms with Crippen LogP contribution in [0, 0.1) is 30.3 Å². The molecule has 2 aromatic carbocycles. The molecule has 0 unspecified atom stereocenters. The van der Waals surface area contributed by atoms with Crippen LogP contribution >= 0.6 is 11.6 Å². The molecule has 11 nitrogen and oxygen atoms in total. The van der Waals surface area contributed by atoms with Crippen LogP contribution in [0.3, 0.4) is 0 Å². The minimum Gasteiger partial charge on any atom is -0.316 e. The highest BCUT2D eigenvalue weighted by molar-refractivity contribution is 6.32. The first kappa shape index (κ1) is 17.7. The molecule has 2 aromatic rings. The number of hydrogen-bond donors (Lipinski definition) is 1. The summed E-state index contributed by atoms with van der Waals surface area (Å²) in [6, 6.07) is 5.92. The number of nitro groups is 3. The molecule has 128 valence electrons. The van der Waals surface area contributed by atoms with Gasteiger partial charge in [0, 0.05) is 17.7 Å². The molecule has 0 saturated carbocycles. The standard InChI is InChI=1S/C13H7ClN4O7/c14-9-3-1-7(5-11(9)17(22)23)13(19)15-10-4-2-8(16(20)21)6-12(10)18(24)25/h1-6H,(H,15,19). The van der Waals surface area contributed by atoms with Crippen LogP contribution < -0.4 is 5.32 Å². The fraction of sp³-hybridized carbons (Fsp3) is 0. The molecule has 0 spiro atoms. The summed E-state index contributed by atoms with van der Waals surface area (Å²) in [6.07, 6.45) is 0. The van der Waals surface area contributed by atoms with Gasteiger partial charge in [-0.05, 0) is 18.2 Å². The molecule has 0 bridgehead atoms. The number of amides is 1. The zero-order chi connectivity index (χ0) is 18.7. The lowest BCUT2D eigenvalue weighted by atomic mass is 10.1. The van der Waals surface area contributed by atoms with Crippen molar-refractivity contribution in [3.8, 4) is 0 Å². The smallest absolute Gasteiger partial charge is 0.299 e. The van der Waals surface area contributed by atoms with Gasteiger partial charge in [-0.3, -0.25) is 35.1 Å². The second-order valence-corrected chi connectivity index (χ2v) is 5.00. The maximum atomic E-state index is 12.2. The third-order valence-electron chi connectivity index (χ3n) is 3.04. The quantitative estimate of drug-likeness (QED) is 0.627. The van der Waals surface area contributed by atoms with Crippen molar-refractivity contribution in [3.63, 3.8) is 0 Å². The lowest BCUT2D eigenvalue weighted by molar-refractivity contribution is -0.393. The Bertz CT molecular complexity index is 915. The zero-order valence-electron chi connectivity index (χ0n) is 12.0. The van der Waals surface area contributed by atoms with Crippen LogP contribution in [0.2, 0.25) is 5.02 Å². The molecule has 0 aliphatic heterocycles. The Morgan fingerprint density at radius 2 is 1.52 bits per heavy atom. The number of nitrogens with zero attached hydrogens (tertiary/aromatic N) is 3. The van der Waals surface area contributed by atoms with Gasteiger partial charge in [0.05, 0.1) is 20.8 Å². The maximum absolute atomic E-state index is 12.2. The molecule has 0 heterocycles. The van der Waals surface area contributed by atoms with Crippen molar-refractivity contribution in [3.05, 3.63) is 77.3 Å². The first-order chi connectivity index (χ1) is 11.7. The first-order valence-corrected chi connectivity index (χ1v) is 6.76. The van der Waals surface area contributed by atoms with E-state index in [0.717, 1.165) is 24.3 Å². The van der Waals surface area contributed by atoms with Gasteiger partial charge in [-0.2, -0.15) is 0 Å². The van der Waals surface area contributed by atoms with Crippen molar-refractivity contribution in [2.75, 3.05) is 5.32 Å². The van der Waals surface area contributed by atoms with E-state index in [0.29, 0.717) is 6.07 Å². The topological polar surface area (TPSA) is 159 Å². The Kier molecular flexibility index (Phi) is 4.89. The van der Waals surface area contributed by atoms with Gasteiger partial charge >= 0.3 is 0 Å². The Balaban J connectivity index is 2.38. The highest BCUT2D eigenvalue weighted by atomic mass is 35.5. The molecule has 1 N–H and O–H groups in total. The van der Waals surface area contributed by atoms with Crippen LogP contribution in [0.5, 0.6) is 0 Å². The van der Waals surface area contributed by atoms with Crippen LogP contribution in [0.1, 0.15) is 10.4 Å². The van der Waals surface area contributed by atoms with Gasteiger partial charge in [0.2, 0.25) is 0 Å². The van der Waals surface area contributed by atoms with Crippen LogP contribution in [-0.4, -0.2) is 20.7 Å². The number of rotatable bonds is 5. The van der Waals surface area contributed by atoms with Gasteiger partial charge in [-0.15, -0.1) is 0 Å². The number of anilines is 1. The van der Waals surface area contributed by atoms with Crippen molar-refractivity contribution in [2.45, 2.75) is 0 Å². The predicted molar refractivity (Wildman–Crippen MR) is 85.8 cm³/mol. The largest absolute Gasteiger partial charge is 0.316 e. The van der Waals surface area contributed by atoms with Gasteiger partial charge in [-0.1, -0.05) is 11.6 Å². The van der Waals surface area contributed by atoms with E-state index in [4.69, 9.17) is 11.6 Å². The van der Waals surface area contributed by atoms with Crippen molar-refractivity contribution in [2.24, 2.45) is 0 Å². The molecule has 0 saturated heterocycles. The van der Waals surface area contributed by atoms with E-state index in [1.807, 2.05) is 0 Å². The Morgan fingerprint density at radius 1 is 0.880 bits per heavy atom.